The molecule has 136 valence electrons. The molecule has 3 rings (SSSR count). The highest BCUT2D eigenvalue weighted by Gasteiger charge is 2.08. The van der Waals surface area contributed by atoms with E-state index >= 15 is 0 Å². The molecule has 0 aliphatic rings. The third-order valence-corrected chi connectivity index (χ3v) is 3.67. The molecule has 0 fully saturated rings. The maximum atomic E-state index is 12.1. The van der Waals surface area contributed by atoms with Crippen LogP contribution in [0.1, 0.15) is 16.1 Å². The van der Waals surface area contributed by atoms with Gasteiger partial charge in [0.15, 0.2) is 0 Å². The van der Waals surface area contributed by atoms with Gasteiger partial charge in [-0.1, -0.05) is 24.3 Å². The molecule has 1 heterocycles. The number of hydrogen-bond donors (Lipinski definition) is 3. The topological polar surface area (TPSA) is 96.0 Å². The van der Waals surface area contributed by atoms with Crippen LogP contribution >= 0.6 is 0 Å². The number of aromatic nitrogens is 2. The Morgan fingerprint density at radius 2 is 1.70 bits per heavy atom. The van der Waals surface area contributed by atoms with Gasteiger partial charge in [-0.2, -0.15) is 0 Å². The smallest absolute Gasteiger partial charge is 0.251 e. The lowest BCUT2D eigenvalue weighted by Crippen LogP contribution is -2.32. The van der Waals surface area contributed by atoms with Crippen LogP contribution in [0.25, 0.3) is 0 Å². The summed E-state index contributed by atoms with van der Waals surface area (Å²) in [6.45, 7) is 1.77. The van der Waals surface area contributed by atoms with Gasteiger partial charge in [0.05, 0.1) is 6.54 Å². The van der Waals surface area contributed by atoms with Crippen molar-refractivity contribution in [3.05, 3.63) is 78.2 Å². The molecule has 0 atom stereocenters. The molecule has 7 nitrogen and oxygen atoms in total. The van der Waals surface area contributed by atoms with Crippen molar-refractivity contribution >= 4 is 29.0 Å². The van der Waals surface area contributed by atoms with Gasteiger partial charge >= 0.3 is 0 Å². The highest BCUT2D eigenvalue weighted by molar-refractivity contribution is 5.99. The molecule has 0 aliphatic heterocycles. The Kier molecular flexibility index (Phi) is 5.73. The van der Waals surface area contributed by atoms with E-state index in [0.29, 0.717) is 17.1 Å². The van der Waals surface area contributed by atoms with Crippen LogP contribution in [0.4, 0.5) is 17.2 Å². The average molecular weight is 361 g/mol. The van der Waals surface area contributed by atoms with E-state index in [9.17, 15) is 9.59 Å². The Hall–Kier alpha value is -3.74. The predicted octanol–water partition coefficient (Wildman–Crippen LogP) is 2.90. The van der Waals surface area contributed by atoms with Crippen molar-refractivity contribution in [2.24, 2.45) is 0 Å². The van der Waals surface area contributed by atoms with Crippen molar-refractivity contribution in [3.63, 3.8) is 0 Å². The third kappa shape index (κ3) is 5.37. The molecule has 2 aromatic carbocycles. The average Bonchev–Trinajstić information content (AvgIpc) is 2.67. The molecule has 0 radical (unpaired) electrons. The Balaban J connectivity index is 1.56. The van der Waals surface area contributed by atoms with Gasteiger partial charge in [-0.05, 0) is 37.3 Å². The molecule has 7 heteroatoms. The van der Waals surface area contributed by atoms with Crippen molar-refractivity contribution in [1.82, 2.24) is 15.3 Å². The molecule has 2 amide bonds. The Labute approximate surface area is 156 Å². The second-order valence-electron chi connectivity index (χ2n) is 5.85. The minimum atomic E-state index is -0.311. The van der Waals surface area contributed by atoms with Gasteiger partial charge in [0.2, 0.25) is 5.91 Å². The molecule has 0 saturated heterocycles. The van der Waals surface area contributed by atoms with Crippen LogP contribution in [0.3, 0.4) is 0 Å². The standard InChI is InChI=1S/C20H19N5O2/c1-14-10-18(23-13-22-14)24-16-8-5-9-17(11-16)25-19(26)12-21-20(27)15-6-3-2-4-7-15/h2-11,13H,12H2,1H3,(H,21,27)(H,25,26)(H,22,23,24). The number of amides is 2. The van der Waals surface area contributed by atoms with E-state index in [4.69, 9.17) is 0 Å². The van der Waals surface area contributed by atoms with Crippen molar-refractivity contribution in [2.75, 3.05) is 17.2 Å². The van der Waals surface area contributed by atoms with Crippen molar-refractivity contribution in [1.29, 1.82) is 0 Å². The van der Waals surface area contributed by atoms with Gasteiger partial charge in [-0.15, -0.1) is 0 Å². The first-order chi connectivity index (χ1) is 13.1. The third-order valence-electron chi connectivity index (χ3n) is 3.67. The Morgan fingerprint density at radius 1 is 0.926 bits per heavy atom. The highest BCUT2D eigenvalue weighted by Crippen LogP contribution is 2.18. The van der Waals surface area contributed by atoms with Crippen LogP contribution < -0.4 is 16.0 Å². The zero-order valence-electron chi connectivity index (χ0n) is 14.8. The van der Waals surface area contributed by atoms with Gasteiger partial charge in [0, 0.05) is 28.7 Å². The zero-order chi connectivity index (χ0) is 19.1. The van der Waals surface area contributed by atoms with Crippen LogP contribution in [-0.4, -0.2) is 28.3 Å². The van der Waals surface area contributed by atoms with Gasteiger partial charge in [-0.3, -0.25) is 9.59 Å². The van der Waals surface area contributed by atoms with E-state index in [1.54, 1.807) is 36.4 Å². The summed E-state index contributed by atoms with van der Waals surface area (Å²) in [5.41, 5.74) is 2.76. The fourth-order valence-corrected chi connectivity index (χ4v) is 2.40. The lowest BCUT2D eigenvalue weighted by Gasteiger charge is -2.10. The molecule has 0 spiro atoms. The Bertz CT molecular complexity index is 944. The SMILES string of the molecule is Cc1cc(Nc2cccc(NC(=O)CNC(=O)c3ccccc3)c2)ncn1. The summed E-state index contributed by atoms with van der Waals surface area (Å²) >= 11 is 0. The van der Waals surface area contributed by atoms with Gasteiger partial charge in [-0.25, -0.2) is 9.97 Å². The summed E-state index contributed by atoms with van der Waals surface area (Å²) in [4.78, 5) is 32.3. The molecular formula is C20H19N5O2. The van der Waals surface area contributed by atoms with E-state index in [2.05, 4.69) is 25.9 Å². The normalized spacial score (nSPS) is 10.1. The monoisotopic (exact) mass is 361 g/mol. The lowest BCUT2D eigenvalue weighted by atomic mass is 10.2. The molecule has 0 bridgehead atoms. The first-order valence-electron chi connectivity index (χ1n) is 8.39. The van der Waals surface area contributed by atoms with E-state index < -0.39 is 0 Å². The first kappa shape index (κ1) is 18.1. The number of rotatable bonds is 6. The van der Waals surface area contributed by atoms with E-state index in [-0.39, 0.29) is 18.4 Å². The first-order valence-corrected chi connectivity index (χ1v) is 8.39. The molecule has 1 aromatic heterocycles. The summed E-state index contributed by atoms with van der Waals surface area (Å²) in [5.74, 6) is 0.0655. The van der Waals surface area contributed by atoms with Crippen LogP contribution in [0.15, 0.2) is 67.0 Å². The number of hydrogen-bond acceptors (Lipinski definition) is 5. The molecular weight excluding hydrogens is 342 g/mol. The molecule has 0 aliphatic carbocycles. The number of benzene rings is 2. The maximum absolute atomic E-state index is 12.1. The zero-order valence-corrected chi connectivity index (χ0v) is 14.8. The number of nitrogens with one attached hydrogen (secondary N) is 3. The van der Waals surface area contributed by atoms with Crippen molar-refractivity contribution < 1.29 is 9.59 Å². The summed E-state index contributed by atoms with van der Waals surface area (Å²) < 4.78 is 0. The van der Waals surface area contributed by atoms with Gasteiger partial charge in [0.1, 0.15) is 12.1 Å². The highest BCUT2D eigenvalue weighted by atomic mass is 16.2. The Morgan fingerprint density at radius 3 is 2.48 bits per heavy atom. The number of nitrogens with zero attached hydrogens (tertiary/aromatic N) is 2. The van der Waals surface area contributed by atoms with Crippen LogP contribution in [-0.2, 0) is 4.79 Å². The summed E-state index contributed by atoms with van der Waals surface area (Å²) in [7, 11) is 0. The predicted molar refractivity (Wildman–Crippen MR) is 104 cm³/mol. The van der Waals surface area contributed by atoms with E-state index in [1.165, 1.54) is 6.33 Å². The second kappa shape index (κ2) is 8.57. The molecule has 3 N–H and O–H groups in total. The van der Waals surface area contributed by atoms with Crippen LogP contribution in [0, 0.1) is 6.92 Å². The largest absolute Gasteiger partial charge is 0.343 e. The fraction of sp³-hybridized carbons (Fsp3) is 0.100. The van der Waals surface area contributed by atoms with E-state index in [0.717, 1.165) is 11.4 Å². The van der Waals surface area contributed by atoms with Crippen LogP contribution in [0.5, 0.6) is 0 Å². The second-order valence-corrected chi connectivity index (χ2v) is 5.85. The minimum absolute atomic E-state index is 0.115. The number of aryl methyl sites for hydroxylation is 1. The number of carbonyl (C=O) groups is 2. The van der Waals surface area contributed by atoms with E-state index in [1.807, 2.05) is 31.2 Å². The molecule has 0 unspecified atom stereocenters. The van der Waals surface area contributed by atoms with Gasteiger partial charge < -0.3 is 16.0 Å². The maximum Gasteiger partial charge on any atom is 0.251 e. The number of carbonyl (C=O) groups excluding carboxylic acids is 2. The van der Waals surface area contributed by atoms with Gasteiger partial charge in [0.25, 0.3) is 5.91 Å². The molecule has 0 saturated carbocycles. The molecule has 27 heavy (non-hydrogen) atoms. The van der Waals surface area contributed by atoms with Crippen molar-refractivity contribution in [3.8, 4) is 0 Å². The summed E-state index contributed by atoms with van der Waals surface area (Å²) in [6.07, 6.45) is 1.48. The summed E-state index contributed by atoms with van der Waals surface area (Å²) in [5, 5.41) is 8.51. The molecule has 3 aromatic rings. The van der Waals surface area contributed by atoms with Crippen LogP contribution in [0.2, 0.25) is 0 Å². The quantitative estimate of drug-likeness (QED) is 0.627. The minimum Gasteiger partial charge on any atom is -0.343 e. The van der Waals surface area contributed by atoms with Crippen molar-refractivity contribution in [2.45, 2.75) is 6.92 Å². The lowest BCUT2D eigenvalue weighted by molar-refractivity contribution is -0.115. The summed E-state index contributed by atoms with van der Waals surface area (Å²) in [6, 6.07) is 17.8. The number of anilines is 3. The fourth-order valence-electron chi connectivity index (χ4n) is 2.40.